The summed E-state index contributed by atoms with van der Waals surface area (Å²) in [4.78, 5) is 13.8. The van der Waals surface area contributed by atoms with Gasteiger partial charge >= 0.3 is 0 Å². The van der Waals surface area contributed by atoms with Crippen molar-refractivity contribution in [2.45, 2.75) is 39.7 Å². The van der Waals surface area contributed by atoms with E-state index in [1.165, 1.54) is 5.56 Å². The zero-order valence-corrected chi connectivity index (χ0v) is 12.7. The van der Waals surface area contributed by atoms with E-state index in [0.717, 1.165) is 16.9 Å². The van der Waals surface area contributed by atoms with Crippen LogP contribution in [0.5, 0.6) is 5.75 Å². The number of nitrogens with zero attached hydrogens (tertiary/aromatic N) is 1. The Labute approximate surface area is 120 Å². The van der Waals surface area contributed by atoms with Gasteiger partial charge in [-0.25, -0.2) is 0 Å². The van der Waals surface area contributed by atoms with E-state index >= 15 is 0 Å². The minimum atomic E-state index is -0.759. The summed E-state index contributed by atoms with van der Waals surface area (Å²) in [6.07, 6.45) is 0.626. The second-order valence-corrected chi connectivity index (χ2v) is 6.08. The lowest BCUT2D eigenvalue weighted by molar-refractivity contribution is -0.133. The molecule has 0 saturated carbocycles. The minimum Gasteiger partial charge on any atom is -0.483 e. The van der Waals surface area contributed by atoms with Crippen molar-refractivity contribution in [3.8, 4) is 5.75 Å². The predicted octanol–water partition coefficient (Wildman–Crippen LogP) is 1.97. The fraction of sp³-hybridized carbons (Fsp3) is 0.562. The van der Waals surface area contributed by atoms with Gasteiger partial charge in [0.15, 0.2) is 6.61 Å². The van der Waals surface area contributed by atoms with Gasteiger partial charge in [-0.05, 0) is 45.2 Å². The molecular formula is C16H23NO3. The summed E-state index contributed by atoms with van der Waals surface area (Å²) in [6, 6.07) is 4.10. The zero-order valence-electron chi connectivity index (χ0n) is 12.7. The molecule has 0 aromatic heterocycles. The standard InChI is InChI=1S/C16H23NO3/c1-11-7-12(2)15(13(3)8-11)20-9-14(18)17-6-5-16(4,19)10-17/h7-8,19H,5-6,9-10H2,1-4H3. The quantitative estimate of drug-likeness (QED) is 0.919. The molecule has 1 aliphatic rings. The van der Waals surface area contributed by atoms with Crippen LogP contribution in [0, 0.1) is 20.8 Å². The third kappa shape index (κ3) is 3.31. The highest BCUT2D eigenvalue weighted by molar-refractivity contribution is 5.78. The number of carbonyl (C=O) groups is 1. The van der Waals surface area contributed by atoms with Gasteiger partial charge in [0.1, 0.15) is 5.75 Å². The molecule has 1 aliphatic heterocycles. The molecule has 2 rings (SSSR count). The Kier molecular flexibility index (Phi) is 4.04. The fourth-order valence-corrected chi connectivity index (χ4v) is 2.78. The van der Waals surface area contributed by atoms with Crippen LogP contribution < -0.4 is 4.74 Å². The number of hydrogen-bond donors (Lipinski definition) is 1. The normalized spacial score (nSPS) is 22.1. The van der Waals surface area contributed by atoms with Crippen molar-refractivity contribution in [3.63, 3.8) is 0 Å². The Morgan fingerprint density at radius 3 is 2.45 bits per heavy atom. The molecule has 1 unspecified atom stereocenters. The van der Waals surface area contributed by atoms with E-state index in [4.69, 9.17) is 4.74 Å². The molecular weight excluding hydrogens is 254 g/mol. The molecule has 1 atom stereocenters. The molecule has 110 valence electrons. The molecule has 1 amide bonds. The van der Waals surface area contributed by atoms with E-state index in [1.54, 1.807) is 11.8 Å². The lowest BCUT2D eigenvalue weighted by Crippen LogP contribution is -2.36. The smallest absolute Gasteiger partial charge is 0.260 e. The summed E-state index contributed by atoms with van der Waals surface area (Å²) in [5, 5.41) is 9.88. The molecule has 4 nitrogen and oxygen atoms in total. The Morgan fingerprint density at radius 2 is 1.95 bits per heavy atom. The first-order valence-electron chi connectivity index (χ1n) is 6.99. The van der Waals surface area contributed by atoms with Crippen LogP contribution in [-0.4, -0.2) is 41.2 Å². The molecule has 1 aromatic rings. The summed E-state index contributed by atoms with van der Waals surface area (Å²) in [5.41, 5.74) is 2.52. The van der Waals surface area contributed by atoms with E-state index in [1.807, 2.05) is 32.9 Å². The predicted molar refractivity (Wildman–Crippen MR) is 78.0 cm³/mol. The van der Waals surface area contributed by atoms with Crippen LogP contribution in [0.2, 0.25) is 0 Å². The molecule has 1 fully saturated rings. The van der Waals surface area contributed by atoms with Crippen LogP contribution >= 0.6 is 0 Å². The van der Waals surface area contributed by atoms with E-state index in [0.29, 0.717) is 19.5 Å². The van der Waals surface area contributed by atoms with E-state index in [-0.39, 0.29) is 12.5 Å². The molecule has 20 heavy (non-hydrogen) atoms. The summed E-state index contributed by atoms with van der Waals surface area (Å²) in [5.74, 6) is 0.719. The van der Waals surface area contributed by atoms with Gasteiger partial charge < -0.3 is 14.7 Å². The molecule has 1 saturated heterocycles. The highest BCUT2D eigenvalue weighted by Crippen LogP contribution is 2.25. The summed E-state index contributed by atoms with van der Waals surface area (Å²) < 4.78 is 5.69. The number of likely N-dealkylation sites (tertiary alicyclic amines) is 1. The molecule has 1 aromatic carbocycles. The van der Waals surface area contributed by atoms with Gasteiger partial charge in [-0.2, -0.15) is 0 Å². The van der Waals surface area contributed by atoms with Crippen LogP contribution in [0.15, 0.2) is 12.1 Å². The van der Waals surface area contributed by atoms with Crippen LogP contribution in [0.1, 0.15) is 30.0 Å². The number of aryl methyl sites for hydroxylation is 3. The minimum absolute atomic E-state index is 0.0286. The van der Waals surface area contributed by atoms with Crippen molar-refractivity contribution in [2.24, 2.45) is 0 Å². The molecule has 0 spiro atoms. The zero-order chi connectivity index (χ0) is 14.9. The number of ether oxygens (including phenoxy) is 1. The number of β-amino-alcohol motifs (C(OH)–C–C–N with tert-alkyl or cyclic N) is 1. The Morgan fingerprint density at radius 1 is 1.35 bits per heavy atom. The number of carbonyl (C=O) groups excluding carboxylic acids is 1. The molecule has 4 heteroatoms. The number of amides is 1. The lowest BCUT2D eigenvalue weighted by Gasteiger charge is -2.20. The SMILES string of the molecule is Cc1cc(C)c(OCC(=O)N2CCC(C)(O)C2)c(C)c1. The third-order valence-corrected chi connectivity index (χ3v) is 3.75. The van der Waals surface area contributed by atoms with Crippen molar-refractivity contribution < 1.29 is 14.6 Å². The maximum atomic E-state index is 12.1. The first kappa shape index (κ1) is 14.9. The van der Waals surface area contributed by atoms with Crippen molar-refractivity contribution in [1.82, 2.24) is 4.90 Å². The second-order valence-electron chi connectivity index (χ2n) is 6.08. The molecule has 1 N–H and O–H groups in total. The molecule has 1 heterocycles. The summed E-state index contributed by atoms with van der Waals surface area (Å²) >= 11 is 0. The second kappa shape index (κ2) is 5.44. The van der Waals surface area contributed by atoms with Gasteiger partial charge in [0.25, 0.3) is 5.91 Å². The van der Waals surface area contributed by atoms with E-state index in [2.05, 4.69) is 0 Å². The Bertz CT molecular complexity index is 499. The van der Waals surface area contributed by atoms with Crippen molar-refractivity contribution in [2.75, 3.05) is 19.7 Å². The van der Waals surface area contributed by atoms with Crippen molar-refractivity contribution in [3.05, 3.63) is 28.8 Å². The largest absolute Gasteiger partial charge is 0.483 e. The maximum Gasteiger partial charge on any atom is 0.260 e. The van der Waals surface area contributed by atoms with Crippen LogP contribution in [-0.2, 0) is 4.79 Å². The van der Waals surface area contributed by atoms with E-state index in [9.17, 15) is 9.90 Å². The van der Waals surface area contributed by atoms with Gasteiger partial charge in [-0.3, -0.25) is 4.79 Å². The topological polar surface area (TPSA) is 49.8 Å². The van der Waals surface area contributed by atoms with Gasteiger partial charge in [0.2, 0.25) is 0 Å². The first-order valence-corrected chi connectivity index (χ1v) is 6.99. The molecule has 0 bridgehead atoms. The van der Waals surface area contributed by atoms with Gasteiger partial charge in [-0.15, -0.1) is 0 Å². The number of benzene rings is 1. The van der Waals surface area contributed by atoms with Crippen LogP contribution in [0.3, 0.4) is 0 Å². The van der Waals surface area contributed by atoms with Gasteiger partial charge in [0, 0.05) is 13.1 Å². The number of aliphatic hydroxyl groups is 1. The monoisotopic (exact) mass is 277 g/mol. The van der Waals surface area contributed by atoms with E-state index < -0.39 is 5.60 Å². The van der Waals surface area contributed by atoms with Gasteiger partial charge in [0.05, 0.1) is 5.60 Å². The Hall–Kier alpha value is -1.55. The highest BCUT2D eigenvalue weighted by Gasteiger charge is 2.33. The third-order valence-electron chi connectivity index (χ3n) is 3.75. The molecule has 0 aliphatic carbocycles. The van der Waals surface area contributed by atoms with Crippen molar-refractivity contribution >= 4 is 5.91 Å². The number of rotatable bonds is 3. The van der Waals surface area contributed by atoms with Crippen LogP contribution in [0.25, 0.3) is 0 Å². The summed E-state index contributed by atoms with van der Waals surface area (Å²) in [7, 11) is 0. The van der Waals surface area contributed by atoms with Crippen molar-refractivity contribution in [1.29, 1.82) is 0 Å². The number of hydrogen-bond acceptors (Lipinski definition) is 3. The highest BCUT2D eigenvalue weighted by atomic mass is 16.5. The summed E-state index contributed by atoms with van der Waals surface area (Å²) in [6.45, 7) is 8.79. The first-order chi connectivity index (χ1) is 9.28. The average molecular weight is 277 g/mol. The lowest BCUT2D eigenvalue weighted by atomic mass is 10.1. The maximum absolute atomic E-state index is 12.1. The fourth-order valence-electron chi connectivity index (χ4n) is 2.78. The average Bonchev–Trinajstić information content (AvgIpc) is 2.68. The Balaban J connectivity index is 1.98. The van der Waals surface area contributed by atoms with Gasteiger partial charge in [-0.1, -0.05) is 17.7 Å². The van der Waals surface area contributed by atoms with Crippen LogP contribution in [0.4, 0.5) is 0 Å². The molecule has 0 radical (unpaired) electrons.